The minimum absolute atomic E-state index is 0.0479. The Kier molecular flexibility index (Phi) is 5.13. The average molecular weight is 332 g/mol. The van der Waals surface area contributed by atoms with Crippen LogP contribution in [0.15, 0.2) is 24.5 Å². The van der Waals surface area contributed by atoms with E-state index in [0.717, 1.165) is 51.7 Å². The molecule has 3 saturated heterocycles. The van der Waals surface area contributed by atoms with Gasteiger partial charge >= 0.3 is 0 Å². The highest BCUT2D eigenvalue weighted by atomic mass is 16.5. The normalized spacial score (nSPS) is 27.9. The van der Waals surface area contributed by atoms with E-state index in [4.69, 9.17) is 14.2 Å². The molecular formula is C19H28N2O3. The summed E-state index contributed by atoms with van der Waals surface area (Å²) in [5.74, 6) is 0.804. The molecule has 1 atom stereocenters. The summed E-state index contributed by atoms with van der Waals surface area (Å²) in [6.45, 7) is 6.72. The van der Waals surface area contributed by atoms with Crippen molar-refractivity contribution in [3.8, 4) is 0 Å². The summed E-state index contributed by atoms with van der Waals surface area (Å²) >= 11 is 0. The average Bonchev–Trinajstić information content (AvgIpc) is 2.61. The Bertz CT molecular complexity index is 513. The van der Waals surface area contributed by atoms with Gasteiger partial charge in [0.2, 0.25) is 0 Å². The predicted molar refractivity (Wildman–Crippen MR) is 90.7 cm³/mol. The van der Waals surface area contributed by atoms with Crippen LogP contribution >= 0.6 is 0 Å². The molecule has 5 heteroatoms. The first-order chi connectivity index (χ1) is 11.8. The van der Waals surface area contributed by atoms with E-state index in [1.807, 2.05) is 24.5 Å². The van der Waals surface area contributed by atoms with Crippen LogP contribution in [0.4, 0.5) is 0 Å². The molecule has 5 nitrogen and oxygen atoms in total. The molecule has 0 amide bonds. The lowest BCUT2D eigenvalue weighted by atomic mass is 9.83. The molecule has 3 aliphatic heterocycles. The third-order valence-corrected chi connectivity index (χ3v) is 5.56. The molecule has 1 spiro atoms. The van der Waals surface area contributed by atoms with Crippen LogP contribution in [0.3, 0.4) is 0 Å². The summed E-state index contributed by atoms with van der Waals surface area (Å²) in [7, 11) is 0. The van der Waals surface area contributed by atoms with Crippen molar-refractivity contribution in [1.82, 2.24) is 9.88 Å². The van der Waals surface area contributed by atoms with Crippen LogP contribution in [0, 0.1) is 5.92 Å². The van der Waals surface area contributed by atoms with Crippen molar-refractivity contribution in [2.24, 2.45) is 5.92 Å². The van der Waals surface area contributed by atoms with Crippen LogP contribution in [0.5, 0.6) is 0 Å². The summed E-state index contributed by atoms with van der Waals surface area (Å²) in [5, 5.41) is 0. The van der Waals surface area contributed by atoms with Crippen molar-refractivity contribution < 1.29 is 14.2 Å². The number of aromatic nitrogens is 1. The van der Waals surface area contributed by atoms with E-state index in [2.05, 4.69) is 9.88 Å². The van der Waals surface area contributed by atoms with Gasteiger partial charge < -0.3 is 14.2 Å². The Balaban J connectivity index is 1.22. The maximum Gasteiger partial charge on any atom is 0.0959 e. The lowest BCUT2D eigenvalue weighted by molar-refractivity contribution is -0.201. The molecule has 0 unspecified atom stereocenters. The first-order valence-corrected chi connectivity index (χ1v) is 9.26. The SMILES string of the molecule is c1cc(CO[C@@H]2CCOC3(C2)CN(CC2CCOCC2)C3)ccn1. The van der Waals surface area contributed by atoms with E-state index in [1.165, 1.54) is 24.9 Å². The summed E-state index contributed by atoms with van der Waals surface area (Å²) in [6.07, 6.45) is 8.42. The largest absolute Gasteiger partial charge is 0.381 e. The molecular weight excluding hydrogens is 304 g/mol. The van der Waals surface area contributed by atoms with Crippen molar-refractivity contribution in [2.45, 2.75) is 44.0 Å². The third-order valence-electron chi connectivity index (χ3n) is 5.56. The monoisotopic (exact) mass is 332 g/mol. The highest BCUT2D eigenvalue weighted by Crippen LogP contribution is 2.36. The maximum atomic E-state index is 6.15. The van der Waals surface area contributed by atoms with Gasteiger partial charge in [0.1, 0.15) is 0 Å². The minimum atomic E-state index is 0.0479. The van der Waals surface area contributed by atoms with Crippen molar-refractivity contribution in [1.29, 1.82) is 0 Å². The van der Waals surface area contributed by atoms with Crippen molar-refractivity contribution in [3.05, 3.63) is 30.1 Å². The number of ether oxygens (including phenoxy) is 3. The molecule has 3 fully saturated rings. The Labute approximate surface area is 144 Å². The van der Waals surface area contributed by atoms with Gasteiger partial charge in [0.15, 0.2) is 0 Å². The first kappa shape index (κ1) is 16.5. The third kappa shape index (κ3) is 3.97. The van der Waals surface area contributed by atoms with Crippen LogP contribution in [0.1, 0.15) is 31.2 Å². The van der Waals surface area contributed by atoms with E-state index in [9.17, 15) is 0 Å². The highest BCUT2D eigenvalue weighted by molar-refractivity contribution is 5.08. The second kappa shape index (κ2) is 7.48. The molecule has 4 heterocycles. The molecule has 4 rings (SSSR count). The fourth-order valence-corrected chi connectivity index (χ4v) is 4.23. The maximum absolute atomic E-state index is 6.15. The topological polar surface area (TPSA) is 43.8 Å². The zero-order chi connectivity index (χ0) is 16.2. The fraction of sp³-hybridized carbons (Fsp3) is 0.737. The predicted octanol–water partition coefficient (Wildman–Crippen LogP) is 2.26. The number of likely N-dealkylation sites (tertiary alicyclic amines) is 1. The van der Waals surface area contributed by atoms with Crippen LogP contribution in [0.2, 0.25) is 0 Å². The van der Waals surface area contributed by atoms with Gasteiger partial charge in [-0.25, -0.2) is 0 Å². The number of hydrogen-bond donors (Lipinski definition) is 0. The molecule has 1 aromatic heterocycles. The molecule has 3 aliphatic rings. The van der Waals surface area contributed by atoms with E-state index < -0.39 is 0 Å². The van der Waals surface area contributed by atoms with Gasteiger partial charge in [-0.1, -0.05) is 0 Å². The van der Waals surface area contributed by atoms with Gasteiger partial charge in [0.05, 0.1) is 18.3 Å². The number of hydrogen-bond acceptors (Lipinski definition) is 5. The zero-order valence-electron chi connectivity index (χ0n) is 14.4. The molecule has 132 valence electrons. The lowest BCUT2D eigenvalue weighted by Crippen LogP contribution is -2.66. The molecule has 0 N–H and O–H groups in total. The van der Waals surface area contributed by atoms with Crippen LogP contribution < -0.4 is 0 Å². The second-order valence-corrected chi connectivity index (χ2v) is 7.54. The van der Waals surface area contributed by atoms with E-state index in [1.54, 1.807) is 0 Å². The summed E-state index contributed by atoms with van der Waals surface area (Å²) in [4.78, 5) is 6.61. The second-order valence-electron chi connectivity index (χ2n) is 7.54. The minimum Gasteiger partial charge on any atom is -0.381 e. The van der Waals surface area contributed by atoms with Gasteiger partial charge in [0.25, 0.3) is 0 Å². The Hall–Kier alpha value is -1.01. The summed E-state index contributed by atoms with van der Waals surface area (Å²) < 4.78 is 17.7. The number of pyridine rings is 1. The Morgan fingerprint density at radius 2 is 1.92 bits per heavy atom. The van der Waals surface area contributed by atoms with Gasteiger partial charge in [-0.05, 0) is 42.9 Å². The van der Waals surface area contributed by atoms with Gasteiger partial charge in [-0.15, -0.1) is 0 Å². The van der Waals surface area contributed by atoms with Crippen molar-refractivity contribution >= 4 is 0 Å². The summed E-state index contributed by atoms with van der Waals surface area (Å²) in [6, 6.07) is 4.04. The Morgan fingerprint density at radius 3 is 2.71 bits per heavy atom. The lowest BCUT2D eigenvalue weighted by Gasteiger charge is -2.54. The fourth-order valence-electron chi connectivity index (χ4n) is 4.23. The molecule has 1 aromatic rings. The molecule has 0 aromatic carbocycles. The van der Waals surface area contributed by atoms with Crippen molar-refractivity contribution in [3.63, 3.8) is 0 Å². The van der Waals surface area contributed by atoms with Crippen LogP contribution in [-0.2, 0) is 20.8 Å². The van der Waals surface area contributed by atoms with E-state index in [-0.39, 0.29) is 5.60 Å². The van der Waals surface area contributed by atoms with Gasteiger partial charge in [0, 0.05) is 58.3 Å². The molecule has 0 aliphatic carbocycles. The van der Waals surface area contributed by atoms with E-state index >= 15 is 0 Å². The van der Waals surface area contributed by atoms with E-state index in [0.29, 0.717) is 12.7 Å². The molecule has 24 heavy (non-hydrogen) atoms. The van der Waals surface area contributed by atoms with Gasteiger partial charge in [-0.3, -0.25) is 9.88 Å². The number of nitrogens with zero attached hydrogens (tertiary/aromatic N) is 2. The number of rotatable bonds is 5. The van der Waals surface area contributed by atoms with Crippen molar-refractivity contribution in [2.75, 3.05) is 39.5 Å². The first-order valence-electron chi connectivity index (χ1n) is 9.26. The summed E-state index contributed by atoms with van der Waals surface area (Å²) in [5.41, 5.74) is 1.24. The Morgan fingerprint density at radius 1 is 1.12 bits per heavy atom. The highest BCUT2D eigenvalue weighted by Gasteiger charge is 2.48. The standard InChI is InChI=1S/C19H28N2O3/c1-6-20-7-2-17(1)13-23-18-5-10-24-19(11-18)14-21(15-19)12-16-3-8-22-9-4-16/h1-2,6-7,16,18H,3-5,8-15H2/t18-/m1/s1. The van der Waals surface area contributed by atoms with Crippen LogP contribution in [0.25, 0.3) is 0 Å². The molecule has 0 bridgehead atoms. The molecule has 0 saturated carbocycles. The quantitative estimate of drug-likeness (QED) is 0.827. The molecule has 0 radical (unpaired) electrons. The van der Waals surface area contributed by atoms with Crippen LogP contribution in [-0.4, -0.2) is 61.0 Å². The smallest absolute Gasteiger partial charge is 0.0959 e. The zero-order valence-corrected chi connectivity index (χ0v) is 14.4. The van der Waals surface area contributed by atoms with Gasteiger partial charge in [-0.2, -0.15) is 0 Å².